The zero-order chi connectivity index (χ0) is 16.4. The second kappa shape index (κ2) is 4.83. The highest BCUT2D eigenvalue weighted by molar-refractivity contribution is 5.85. The third kappa shape index (κ3) is 1.77. The summed E-state index contributed by atoms with van der Waals surface area (Å²) in [6.45, 7) is 0. The minimum Gasteiger partial charge on any atom is -0.0620 e. The molecule has 0 radical (unpaired) electrons. The maximum Gasteiger partial charge on any atom is 0.0348 e. The predicted octanol–water partition coefficient (Wildman–Crippen LogP) is 6.02. The van der Waals surface area contributed by atoms with Crippen molar-refractivity contribution in [3.63, 3.8) is 0 Å². The summed E-state index contributed by atoms with van der Waals surface area (Å²) in [5.41, 5.74) is 9.05. The molecule has 0 fully saturated rings. The van der Waals surface area contributed by atoms with Gasteiger partial charge < -0.3 is 0 Å². The molecule has 0 heterocycles. The molecule has 4 aromatic carbocycles. The lowest BCUT2D eigenvalue weighted by atomic mass is 9.73. The summed E-state index contributed by atoms with van der Waals surface area (Å²) in [5.74, 6) is 0.844. The van der Waals surface area contributed by atoms with Gasteiger partial charge in [0.15, 0.2) is 0 Å². The molecule has 2 bridgehead atoms. The fourth-order valence-electron chi connectivity index (χ4n) is 5.04. The Balaban J connectivity index is 1.74. The molecule has 3 aliphatic rings. The highest BCUT2D eigenvalue weighted by atomic mass is 14.4. The molecule has 7 rings (SSSR count). The third-order valence-electron chi connectivity index (χ3n) is 6.11. The van der Waals surface area contributed by atoms with Crippen LogP contribution < -0.4 is 0 Å². The van der Waals surface area contributed by atoms with E-state index in [1.165, 1.54) is 44.2 Å². The zero-order valence-electron chi connectivity index (χ0n) is 13.9. The van der Waals surface area contributed by atoms with Gasteiger partial charge in [-0.3, -0.25) is 0 Å². The van der Waals surface area contributed by atoms with Crippen molar-refractivity contribution in [3.05, 3.63) is 118 Å². The molecule has 0 atom stereocenters. The normalized spacial score (nSPS) is 19.8. The Hall–Kier alpha value is -2.86. The molecule has 0 aliphatic heterocycles. The van der Waals surface area contributed by atoms with Crippen LogP contribution in [0.2, 0.25) is 0 Å². The number of fused-ring (bicyclic) bond motifs is 1. The summed E-state index contributed by atoms with van der Waals surface area (Å²) in [7, 11) is 0. The first-order valence-corrected chi connectivity index (χ1v) is 9.09. The van der Waals surface area contributed by atoms with Crippen LogP contribution in [0.4, 0.5) is 0 Å². The van der Waals surface area contributed by atoms with Crippen LogP contribution in [0.3, 0.4) is 0 Å². The molecule has 0 N–H and O–H groups in total. The Labute approximate surface area is 147 Å². The summed E-state index contributed by atoms with van der Waals surface area (Å²) in [6, 6.07) is 31.8. The number of rotatable bonds is 0. The van der Waals surface area contributed by atoms with Crippen molar-refractivity contribution < 1.29 is 0 Å². The van der Waals surface area contributed by atoms with Gasteiger partial charge in [-0.15, -0.1) is 0 Å². The Morgan fingerprint density at radius 1 is 0.520 bits per heavy atom. The molecule has 3 aliphatic carbocycles. The van der Waals surface area contributed by atoms with Gasteiger partial charge in [0.2, 0.25) is 0 Å². The number of benzene rings is 4. The molecule has 118 valence electrons. The molecular formula is C25H18. The van der Waals surface area contributed by atoms with Gasteiger partial charge in [-0.1, -0.05) is 78.9 Å². The smallest absolute Gasteiger partial charge is 0.0348 e. The first-order valence-electron chi connectivity index (χ1n) is 9.09. The van der Waals surface area contributed by atoms with E-state index in [0.717, 1.165) is 6.42 Å². The first-order chi connectivity index (χ1) is 12.4. The van der Waals surface area contributed by atoms with E-state index in [1.807, 2.05) is 0 Å². The Morgan fingerprint density at radius 2 is 1.04 bits per heavy atom. The van der Waals surface area contributed by atoms with Gasteiger partial charge in [0, 0.05) is 11.8 Å². The van der Waals surface area contributed by atoms with Crippen LogP contribution in [-0.4, -0.2) is 0 Å². The van der Waals surface area contributed by atoms with E-state index in [-0.39, 0.29) is 0 Å². The zero-order valence-corrected chi connectivity index (χ0v) is 13.9. The van der Waals surface area contributed by atoms with Gasteiger partial charge in [-0.25, -0.2) is 0 Å². The minimum atomic E-state index is 0.366. The lowest BCUT2D eigenvalue weighted by Gasteiger charge is -2.31. The van der Waals surface area contributed by atoms with Crippen LogP contribution in [-0.2, 0) is 6.42 Å². The molecular weight excluding hydrogens is 300 g/mol. The van der Waals surface area contributed by atoms with Crippen molar-refractivity contribution in [1.82, 2.24) is 0 Å². The molecule has 0 saturated heterocycles. The second-order valence-corrected chi connectivity index (χ2v) is 7.35. The summed E-state index contributed by atoms with van der Waals surface area (Å²) in [4.78, 5) is 0. The predicted molar refractivity (Wildman–Crippen MR) is 103 cm³/mol. The van der Waals surface area contributed by atoms with Crippen LogP contribution in [0.15, 0.2) is 84.9 Å². The van der Waals surface area contributed by atoms with E-state index < -0.39 is 0 Å². The average molecular weight is 318 g/mol. The Morgan fingerprint density at radius 3 is 1.68 bits per heavy atom. The highest BCUT2D eigenvalue weighted by Gasteiger charge is 2.37. The van der Waals surface area contributed by atoms with E-state index in [2.05, 4.69) is 84.9 Å². The van der Waals surface area contributed by atoms with Crippen molar-refractivity contribution >= 4 is 10.8 Å². The van der Waals surface area contributed by atoms with E-state index >= 15 is 0 Å². The van der Waals surface area contributed by atoms with E-state index in [4.69, 9.17) is 0 Å². The monoisotopic (exact) mass is 318 g/mol. The molecule has 0 spiro atoms. The van der Waals surface area contributed by atoms with Crippen molar-refractivity contribution in [3.8, 4) is 0 Å². The van der Waals surface area contributed by atoms with Gasteiger partial charge in [-0.2, -0.15) is 0 Å². The summed E-state index contributed by atoms with van der Waals surface area (Å²) < 4.78 is 0. The molecule has 25 heavy (non-hydrogen) atoms. The minimum absolute atomic E-state index is 0.366. The molecule has 0 amide bonds. The average Bonchev–Trinajstić information content (AvgIpc) is 2.89. The van der Waals surface area contributed by atoms with Gasteiger partial charge in [-0.05, 0) is 56.6 Å². The topological polar surface area (TPSA) is 0 Å². The van der Waals surface area contributed by atoms with Crippen molar-refractivity contribution in [1.29, 1.82) is 0 Å². The number of hydrogen-bond donors (Lipinski definition) is 0. The van der Waals surface area contributed by atoms with Crippen LogP contribution >= 0.6 is 0 Å². The summed E-state index contributed by atoms with van der Waals surface area (Å²) in [6.07, 6.45) is 1.10. The molecule has 0 nitrogen and oxygen atoms in total. The van der Waals surface area contributed by atoms with Crippen molar-refractivity contribution in [2.24, 2.45) is 0 Å². The second-order valence-electron chi connectivity index (χ2n) is 7.35. The molecule has 0 heteroatoms. The largest absolute Gasteiger partial charge is 0.0620 e. The lowest BCUT2D eigenvalue weighted by Crippen LogP contribution is -2.16. The first kappa shape index (κ1) is 13.4. The summed E-state index contributed by atoms with van der Waals surface area (Å²) >= 11 is 0. The van der Waals surface area contributed by atoms with Gasteiger partial charge in [0.05, 0.1) is 0 Å². The van der Waals surface area contributed by atoms with E-state index in [1.54, 1.807) is 0 Å². The highest BCUT2D eigenvalue weighted by Crippen LogP contribution is 2.51. The third-order valence-corrected chi connectivity index (χ3v) is 6.11. The molecule has 0 aromatic heterocycles. The van der Waals surface area contributed by atoms with E-state index in [0.29, 0.717) is 11.8 Å². The van der Waals surface area contributed by atoms with Crippen LogP contribution in [0.1, 0.15) is 45.2 Å². The van der Waals surface area contributed by atoms with Crippen LogP contribution in [0.25, 0.3) is 10.8 Å². The van der Waals surface area contributed by atoms with E-state index in [9.17, 15) is 0 Å². The lowest BCUT2D eigenvalue weighted by molar-refractivity contribution is 0.774. The molecule has 0 unspecified atom stereocenters. The molecule has 0 saturated carbocycles. The fourth-order valence-corrected chi connectivity index (χ4v) is 5.04. The van der Waals surface area contributed by atoms with Gasteiger partial charge >= 0.3 is 0 Å². The quantitative estimate of drug-likeness (QED) is 0.372. The standard InChI is InChI=1S/C25H18/c1-2-8-17-14-23-18(13-16(17)7-1)15-24-19-9-3-5-11-21(19)25(23)22-12-6-4-10-20(22)24/h1-14,24-25H,15H2. The van der Waals surface area contributed by atoms with Gasteiger partial charge in [0.1, 0.15) is 0 Å². The summed E-state index contributed by atoms with van der Waals surface area (Å²) in [5, 5.41) is 2.71. The fraction of sp³-hybridized carbons (Fsp3) is 0.120. The molecule has 4 aromatic rings. The maximum atomic E-state index is 2.44. The van der Waals surface area contributed by atoms with Gasteiger partial charge in [0.25, 0.3) is 0 Å². The SMILES string of the molecule is c1ccc2c(c1)C1Cc3cc4ccccc4cc3C2c2ccccc21. The maximum absolute atomic E-state index is 2.44. The van der Waals surface area contributed by atoms with Crippen LogP contribution in [0.5, 0.6) is 0 Å². The van der Waals surface area contributed by atoms with Crippen molar-refractivity contribution in [2.45, 2.75) is 18.3 Å². The van der Waals surface area contributed by atoms with Crippen LogP contribution in [0, 0.1) is 0 Å². The number of hydrogen-bond acceptors (Lipinski definition) is 0. The Bertz CT molecular complexity index is 1090. The Kier molecular flexibility index (Phi) is 2.59. The van der Waals surface area contributed by atoms with Crippen molar-refractivity contribution in [2.75, 3.05) is 0 Å².